The Morgan fingerprint density at radius 1 is 0.159 bits per heavy atom. The molecule has 0 fully saturated rings. The molecule has 0 bridgehead atoms. The molecule has 0 spiro atoms. The van der Waals surface area contributed by atoms with Crippen molar-refractivity contribution in [3.8, 4) is 66.8 Å². The van der Waals surface area contributed by atoms with Crippen molar-refractivity contribution in [1.29, 1.82) is 0 Å². The Morgan fingerprint density at radius 2 is 0.373 bits per heavy atom. The van der Waals surface area contributed by atoms with Gasteiger partial charge in [-0.3, -0.25) is 29.9 Å². The Morgan fingerprint density at radius 3 is 0.603 bits per heavy atom. The lowest BCUT2D eigenvalue weighted by molar-refractivity contribution is 1.07. The van der Waals surface area contributed by atoms with Gasteiger partial charge in [0, 0.05) is 105 Å². The standard InChI is InChI=1S/3C40H32N2/c1-27-11-9-13-29(21-27)23-33-25-37(31-15-5-3-6-16-31)35-19-20-36-38(32-17-7-4-8-18-32)26-34(42-40(36)39(35)41-33)24-30-14-10-12-28(2)22-30;1-27-13-9-11-19-31(27)23-33-25-37(29-15-5-3-6-16-29)35-21-22-36-38(30-17-7-4-8-18-30)26-34(42-40(36)39(35)41-33)24-32-20-12-10-14-28(32)2;1-27-13-17-29(18-14-27)23-33-25-37(31-9-5-3-6-10-31)35-21-22-36-38(32-11-7-4-8-12-32)26-34(42-40(36)39(35)41-33)24-30-19-15-28(2)16-20-30/h3*3-22,25-26H,23-24H2,1-2H3. The summed E-state index contributed by atoms with van der Waals surface area (Å²) in [5, 5.41) is 6.76. The summed E-state index contributed by atoms with van der Waals surface area (Å²) in [6.07, 6.45) is 4.60. The number of fused-ring (bicyclic) bond motifs is 9. The number of aryl methyl sites for hydroxylation is 6. The van der Waals surface area contributed by atoms with Gasteiger partial charge in [0.15, 0.2) is 0 Å². The molecule has 0 atom stereocenters. The van der Waals surface area contributed by atoms with Gasteiger partial charge in [0.2, 0.25) is 0 Å². The topological polar surface area (TPSA) is 77.3 Å². The first kappa shape index (κ1) is 80.5. The van der Waals surface area contributed by atoms with Crippen LogP contribution in [0.2, 0.25) is 0 Å². The van der Waals surface area contributed by atoms with Crippen molar-refractivity contribution in [2.75, 3.05) is 0 Å². The van der Waals surface area contributed by atoms with Gasteiger partial charge in [0.05, 0.1) is 33.1 Å². The summed E-state index contributed by atoms with van der Waals surface area (Å²) >= 11 is 0. The number of rotatable bonds is 18. The second-order valence-electron chi connectivity index (χ2n) is 33.6. The van der Waals surface area contributed by atoms with Crippen molar-refractivity contribution in [2.45, 2.75) is 80.1 Å². The Balaban J connectivity index is 0.000000123. The average Bonchev–Trinajstić information content (AvgIpc) is 0.752. The SMILES string of the molecule is Cc1ccc(Cc2cc(-c3ccccc3)c3ccc4c(-c5ccccc5)cc(Cc5ccc(C)cc5)nc4c3n2)cc1.Cc1cccc(Cc2cc(-c3ccccc3)c3ccc4c(-c5ccccc5)cc(Cc5cccc(C)c5)nc4c3n2)c1.Cc1ccccc1Cc1cc(-c2ccccc2)c2ccc3c(-c4ccccc4)cc(Cc4ccccc4C)nc3c2n1. The molecule has 0 unspecified atom stereocenters. The van der Waals surface area contributed by atoms with E-state index in [2.05, 4.69) is 442 Å². The third-order valence-electron chi connectivity index (χ3n) is 24.3. The quantitative estimate of drug-likeness (QED) is 0.0797. The first-order chi connectivity index (χ1) is 61.8. The second kappa shape index (κ2) is 36.4. The zero-order valence-electron chi connectivity index (χ0n) is 72.0. The van der Waals surface area contributed by atoms with Crippen molar-refractivity contribution in [1.82, 2.24) is 29.9 Å². The molecule has 0 aliphatic heterocycles. The van der Waals surface area contributed by atoms with E-state index in [1.54, 1.807) is 0 Å². The van der Waals surface area contributed by atoms with Gasteiger partial charge in [0.25, 0.3) is 0 Å². The molecule has 0 aliphatic rings. The smallest absolute Gasteiger partial charge is 0.0974 e. The second-order valence-corrected chi connectivity index (χ2v) is 33.6. The molecule has 6 heterocycles. The molecule has 0 saturated carbocycles. The molecule has 0 aliphatic carbocycles. The maximum Gasteiger partial charge on any atom is 0.0974 e. The van der Waals surface area contributed by atoms with Crippen LogP contribution >= 0.6 is 0 Å². The fourth-order valence-electron chi connectivity index (χ4n) is 17.8. The van der Waals surface area contributed by atoms with Crippen LogP contribution in [-0.2, 0) is 38.5 Å². The van der Waals surface area contributed by atoms with Gasteiger partial charge in [-0.25, -0.2) is 0 Å². The molecule has 15 aromatic carbocycles. The summed E-state index contributed by atoms with van der Waals surface area (Å²) in [5.74, 6) is 0. The van der Waals surface area contributed by atoms with Gasteiger partial charge >= 0.3 is 0 Å². The lowest BCUT2D eigenvalue weighted by atomic mass is 9.93. The van der Waals surface area contributed by atoms with Crippen molar-refractivity contribution >= 4 is 65.4 Å². The van der Waals surface area contributed by atoms with E-state index in [-0.39, 0.29) is 0 Å². The van der Waals surface area contributed by atoms with E-state index in [4.69, 9.17) is 29.9 Å². The van der Waals surface area contributed by atoms with Gasteiger partial charge in [-0.15, -0.1) is 0 Å². The van der Waals surface area contributed by atoms with Crippen LogP contribution in [0.1, 0.15) is 101 Å². The van der Waals surface area contributed by atoms with Crippen LogP contribution in [0.25, 0.3) is 132 Å². The molecule has 126 heavy (non-hydrogen) atoms. The maximum absolute atomic E-state index is 5.36. The predicted octanol–water partition coefficient (Wildman–Crippen LogP) is 29.7. The van der Waals surface area contributed by atoms with Gasteiger partial charge in [-0.1, -0.05) is 386 Å². The summed E-state index contributed by atoms with van der Waals surface area (Å²) in [7, 11) is 0. The fourth-order valence-corrected chi connectivity index (χ4v) is 17.8. The number of aromatic nitrogens is 6. The summed E-state index contributed by atoms with van der Waals surface area (Å²) in [4.78, 5) is 32.1. The third-order valence-corrected chi connectivity index (χ3v) is 24.3. The van der Waals surface area contributed by atoms with E-state index in [1.807, 2.05) is 0 Å². The van der Waals surface area contributed by atoms with Crippen molar-refractivity contribution in [3.05, 3.63) is 501 Å². The van der Waals surface area contributed by atoms with Crippen LogP contribution in [0.15, 0.2) is 400 Å². The van der Waals surface area contributed by atoms with Crippen LogP contribution in [0.3, 0.4) is 0 Å². The fraction of sp³-hybridized carbons (Fsp3) is 0.100. The number of nitrogens with zero attached hydrogens (tertiary/aromatic N) is 6. The Bertz CT molecular complexity index is 7080. The normalized spacial score (nSPS) is 11.3. The van der Waals surface area contributed by atoms with Gasteiger partial charge < -0.3 is 0 Å². The molecule has 0 amide bonds. The molecule has 21 rings (SSSR count). The number of pyridine rings is 6. The van der Waals surface area contributed by atoms with Crippen LogP contribution in [0.4, 0.5) is 0 Å². The summed E-state index contributed by atoms with van der Waals surface area (Å²) < 4.78 is 0. The summed E-state index contributed by atoms with van der Waals surface area (Å²) in [6, 6.07) is 143. The lowest BCUT2D eigenvalue weighted by Crippen LogP contribution is -2.01. The van der Waals surface area contributed by atoms with E-state index in [9.17, 15) is 0 Å². The monoisotopic (exact) mass is 1620 g/mol. The van der Waals surface area contributed by atoms with E-state index in [1.165, 1.54) is 134 Å². The average molecular weight is 1620 g/mol. The summed E-state index contributed by atoms with van der Waals surface area (Å²) in [5.41, 5.74) is 41.6. The highest BCUT2D eigenvalue weighted by molar-refractivity contribution is 6.15. The molecule has 6 nitrogen and oxygen atoms in total. The highest BCUT2D eigenvalue weighted by Gasteiger charge is 2.22. The molecule has 606 valence electrons. The number of hydrogen-bond acceptors (Lipinski definition) is 6. The first-order valence-corrected chi connectivity index (χ1v) is 43.8. The molecule has 6 heteroatoms. The minimum absolute atomic E-state index is 0.765. The molecule has 6 aromatic heterocycles. The van der Waals surface area contributed by atoms with E-state index < -0.39 is 0 Å². The highest BCUT2D eigenvalue weighted by atomic mass is 14.8. The maximum atomic E-state index is 5.36. The zero-order chi connectivity index (χ0) is 85.4. The van der Waals surface area contributed by atoms with E-state index in [0.29, 0.717) is 0 Å². The largest absolute Gasteiger partial charge is 0.250 e. The zero-order valence-corrected chi connectivity index (χ0v) is 72.0. The van der Waals surface area contributed by atoms with Crippen LogP contribution in [0.5, 0.6) is 0 Å². The first-order valence-electron chi connectivity index (χ1n) is 43.8. The van der Waals surface area contributed by atoms with Crippen molar-refractivity contribution < 1.29 is 0 Å². The Labute approximate surface area is 738 Å². The van der Waals surface area contributed by atoms with Gasteiger partial charge in [-0.05, 0) is 189 Å². The van der Waals surface area contributed by atoms with Crippen LogP contribution in [0, 0.1) is 41.5 Å². The Hall–Kier alpha value is -15.2. The molecular formula is C120H96N6. The van der Waals surface area contributed by atoms with Gasteiger partial charge in [0.1, 0.15) is 0 Å². The molecule has 21 aromatic rings. The van der Waals surface area contributed by atoms with Crippen LogP contribution < -0.4 is 0 Å². The molecular weight excluding hydrogens is 1530 g/mol. The van der Waals surface area contributed by atoms with E-state index >= 15 is 0 Å². The van der Waals surface area contributed by atoms with Gasteiger partial charge in [-0.2, -0.15) is 0 Å². The van der Waals surface area contributed by atoms with E-state index in [0.717, 1.165) is 138 Å². The predicted molar refractivity (Wildman–Crippen MR) is 528 cm³/mol. The molecule has 0 saturated heterocycles. The summed E-state index contributed by atoms with van der Waals surface area (Å²) in [6.45, 7) is 12.9. The van der Waals surface area contributed by atoms with Crippen LogP contribution in [-0.4, -0.2) is 29.9 Å². The minimum Gasteiger partial charge on any atom is -0.250 e. The molecule has 0 N–H and O–H groups in total. The minimum atomic E-state index is 0.765. The molecule has 0 radical (unpaired) electrons. The highest BCUT2D eigenvalue weighted by Crippen LogP contribution is 2.42. The number of benzene rings is 15. The third kappa shape index (κ3) is 17.9. The van der Waals surface area contributed by atoms with Crippen molar-refractivity contribution in [3.63, 3.8) is 0 Å². The lowest BCUT2D eigenvalue weighted by Gasteiger charge is -2.16. The number of hydrogen-bond donors (Lipinski definition) is 0. The Kier molecular flexibility index (Phi) is 23.3. The van der Waals surface area contributed by atoms with Crippen molar-refractivity contribution in [2.24, 2.45) is 0 Å².